The molecule has 1 aromatic heterocycles. The normalized spacial score (nSPS) is 14.1. The maximum absolute atomic E-state index is 9.14. The average molecular weight is 531 g/mol. The quantitative estimate of drug-likeness (QED) is 0.207. The molecule has 0 amide bonds. The Morgan fingerprint density at radius 2 is 0.927 bits per heavy atom. The van der Waals surface area contributed by atoms with Crippen LogP contribution >= 0.6 is 0 Å². The lowest BCUT2D eigenvalue weighted by atomic mass is 9.86. The highest BCUT2D eigenvalue weighted by atomic mass is 15.1. The van der Waals surface area contributed by atoms with Crippen LogP contribution in [-0.2, 0) is 0 Å². The monoisotopic (exact) mass is 530 g/mol. The first-order chi connectivity index (χ1) is 23.7. The molecule has 0 aliphatic carbocycles. The molecular formula is C39H26N2. The molecule has 0 spiro atoms. The van der Waals surface area contributed by atoms with Crippen molar-refractivity contribution in [1.82, 2.24) is 9.55 Å². The minimum atomic E-state index is -0.424. The lowest BCUT2D eigenvalue weighted by Crippen LogP contribution is -1.97. The van der Waals surface area contributed by atoms with Crippen LogP contribution in [0.15, 0.2) is 158 Å². The number of aromatic nitrogens is 2. The molecule has 0 aliphatic heterocycles. The second-order valence-electron chi connectivity index (χ2n) is 9.79. The Bertz CT molecular complexity index is 2540. The van der Waals surface area contributed by atoms with Crippen LogP contribution in [0.4, 0.5) is 0 Å². The Morgan fingerprint density at radius 3 is 1.49 bits per heavy atom. The standard InChI is InChI=1S/C39H26N2/c1-3-13-27(14-4-1)37-31-17-7-9-19-33(31)38(34-20-10-8-18-32(34)37)28-23-25-30(26-24-28)41-36-22-12-11-21-35(36)40-39(41)29-15-5-2-6-16-29/h1-26H/i7D,8D,9D,10D,17D,18D,19D,20D. The second kappa shape index (κ2) is 9.62. The van der Waals surface area contributed by atoms with E-state index < -0.39 is 24.2 Å². The second-order valence-corrected chi connectivity index (χ2v) is 9.79. The molecule has 0 saturated carbocycles. The van der Waals surface area contributed by atoms with Gasteiger partial charge in [-0.05, 0) is 68.1 Å². The molecule has 0 saturated heterocycles. The molecule has 0 radical (unpaired) electrons. The molecule has 8 aromatic rings. The molecule has 0 N–H and O–H groups in total. The molecule has 41 heavy (non-hydrogen) atoms. The van der Waals surface area contributed by atoms with Crippen molar-refractivity contribution in [1.29, 1.82) is 0 Å². The topological polar surface area (TPSA) is 17.8 Å². The summed E-state index contributed by atoms with van der Waals surface area (Å²) < 4.78 is 73.0. The fraction of sp³-hybridized carbons (Fsp3) is 0. The van der Waals surface area contributed by atoms with Crippen LogP contribution in [-0.4, -0.2) is 9.55 Å². The van der Waals surface area contributed by atoms with E-state index in [1.54, 1.807) is 24.3 Å². The highest BCUT2D eigenvalue weighted by molar-refractivity contribution is 6.21. The molecule has 0 unspecified atom stereocenters. The lowest BCUT2D eigenvalue weighted by molar-refractivity contribution is 1.10. The number of nitrogens with zero attached hydrogens (tertiary/aromatic N) is 2. The predicted molar refractivity (Wildman–Crippen MR) is 172 cm³/mol. The molecule has 2 nitrogen and oxygen atoms in total. The summed E-state index contributed by atoms with van der Waals surface area (Å²) >= 11 is 0. The van der Waals surface area contributed by atoms with Gasteiger partial charge in [-0.2, -0.15) is 0 Å². The van der Waals surface area contributed by atoms with Gasteiger partial charge in [0, 0.05) is 11.3 Å². The van der Waals surface area contributed by atoms with Crippen molar-refractivity contribution in [2.75, 3.05) is 0 Å². The van der Waals surface area contributed by atoms with Crippen molar-refractivity contribution in [3.05, 3.63) is 158 Å². The van der Waals surface area contributed by atoms with E-state index in [9.17, 15) is 0 Å². The van der Waals surface area contributed by atoms with Crippen LogP contribution in [0.1, 0.15) is 11.0 Å². The zero-order chi connectivity index (χ0) is 34.1. The number of para-hydroxylation sites is 2. The maximum Gasteiger partial charge on any atom is 0.145 e. The van der Waals surface area contributed by atoms with Gasteiger partial charge in [-0.3, -0.25) is 4.57 Å². The Kier molecular flexibility index (Phi) is 3.89. The lowest BCUT2D eigenvalue weighted by Gasteiger charge is -2.18. The zero-order valence-corrected chi connectivity index (χ0v) is 21.8. The fourth-order valence-corrected chi connectivity index (χ4v) is 5.65. The number of fused-ring (bicyclic) bond motifs is 3. The highest BCUT2D eigenvalue weighted by Crippen LogP contribution is 2.43. The number of rotatable bonds is 4. The minimum Gasteiger partial charge on any atom is -0.292 e. The first-order valence-electron chi connectivity index (χ1n) is 17.3. The van der Waals surface area contributed by atoms with Crippen LogP contribution in [0, 0.1) is 0 Å². The number of benzene rings is 7. The van der Waals surface area contributed by atoms with Crippen molar-refractivity contribution in [3.8, 4) is 39.3 Å². The van der Waals surface area contributed by atoms with E-state index >= 15 is 0 Å². The van der Waals surface area contributed by atoms with E-state index in [0.29, 0.717) is 22.3 Å². The van der Waals surface area contributed by atoms with E-state index in [0.717, 1.165) is 28.1 Å². The third kappa shape index (κ3) is 3.84. The Morgan fingerprint density at radius 1 is 0.463 bits per heavy atom. The highest BCUT2D eigenvalue weighted by Gasteiger charge is 2.18. The molecule has 0 atom stereocenters. The molecule has 192 valence electrons. The van der Waals surface area contributed by atoms with Gasteiger partial charge in [0.25, 0.3) is 0 Å². The third-order valence-corrected chi connectivity index (χ3v) is 7.44. The van der Waals surface area contributed by atoms with Gasteiger partial charge < -0.3 is 0 Å². The summed E-state index contributed by atoms with van der Waals surface area (Å²) in [5, 5.41) is 0.767. The summed E-state index contributed by atoms with van der Waals surface area (Å²) in [6.45, 7) is 0. The largest absolute Gasteiger partial charge is 0.292 e. The number of hydrogen-bond acceptors (Lipinski definition) is 1. The Hall–Kier alpha value is -5.47. The molecule has 0 fully saturated rings. The molecular weight excluding hydrogens is 496 g/mol. The van der Waals surface area contributed by atoms with Crippen LogP contribution in [0.3, 0.4) is 0 Å². The van der Waals surface area contributed by atoms with Crippen molar-refractivity contribution < 1.29 is 11.0 Å². The van der Waals surface area contributed by atoms with E-state index in [1.165, 1.54) is 0 Å². The summed E-state index contributed by atoms with van der Waals surface area (Å²) in [7, 11) is 0. The van der Waals surface area contributed by atoms with Gasteiger partial charge in [0.1, 0.15) is 5.82 Å². The number of imidazole rings is 1. The van der Waals surface area contributed by atoms with Gasteiger partial charge >= 0.3 is 0 Å². The van der Waals surface area contributed by atoms with Crippen molar-refractivity contribution >= 4 is 32.6 Å². The molecule has 8 rings (SSSR count). The van der Waals surface area contributed by atoms with Gasteiger partial charge in [-0.15, -0.1) is 0 Å². The van der Waals surface area contributed by atoms with Gasteiger partial charge in [0.15, 0.2) is 0 Å². The summed E-state index contributed by atoms with van der Waals surface area (Å²) in [5.74, 6) is 0.751. The summed E-state index contributed by atoms with van der Waals surface area (Å²) in [6, 6.07) is 31.3. The van der Waals surface area contributed by atoms with Crippen LogP contribution in [0.5, 0.6) is 0 Å². The molecule has 7 aromatic carbocycles. The summed E-state index contributed by atoms with van der Waals surface area (Å²) in [4.78, 5) is 4.93. The molecule has 1 heterocycles. The first-order valence-corrected chi connectivity index (χ1v) is 13.3. The fourth-order valence-electron chi connectivity index (χ4n) is 5.65. The van der Waals surface area contributed by atoms with Crippen LogP contribution in [0.25, 0.3) is 71.9 Å². The zero-order valence-electron chi connectivity index (χ0n) is 29.8. The van der Waals surface area contributed by atoms with E-state index in [4.69, 9.17) is 16.0 Å². The van der Waals surface area contributed by atoms with E-state index in [1.807, 2.05) is 84.9 Å². The average Bonchev–Trinajstić information content (AvgIpc) is 3.54. The predicted octanol–water partition coefficient (Wildman–Crippen LogP) is 10.3. The maximum atomic E-state index is 9.14. The Balaban J connectivity index is 1.50. The van der Waals surface area contributed by atoms with Gasteiger partial charge in [-0.25, -0.2) is 4.98 Å². The van der Waals surface area contributed by atoms with Crippen LogP contribution in [0.2, 0.25) is 0 Å². The van der Waals surface area contributed by atoms with Crippen molar-refractivity contribution in [2.45, 2.75) is 0 Å². The third-order valence-electron chi connectivity index (χ3n) is 7.44. The molecule has 0 aliphatic rings. The smallest absolute Gasteiger partial charge is 0.145 e. The minimum absolute atomic E-state index is 0.188. The SMILES string of the molecule is [2H]c1c([2H])c([2H])c2c(-c3ccc(-n4c(-c5ccccc5)nc5ccccc54)cc3)c3c([2H])c([2H])c([2H])c([2H])c3c(-c3ccccc3)c2c1[2H]. The summed E-state index contributed by atoms with van der Waals surface area (Å²) in [5.41, 5.74) is 5.23. The van der Waals surface area contributed by atoms with Gasteiger partial charge in [0.05, 0.1) is 22.0 Å². The first kappa shape index (κ1) is 16.6. The Labute approximate surface area is 250 Å². The van der Waals surface area contributed by atoms with E-state index in [2.05, 4.69) is 4.57 Å². The number of hydrogen-bond donors (Lipinski definition) is 0. The molecule has 0 bridgehead atoms. The van der Waals surface area contributed by atoms with Crippen LogP contribution < -0.4 is 0 Å². The summed E-state index contributed by atoms with van der Waals surface area (Å²) in [6.07, 6.45) is 0. The molecule has 2 heteroatoms. The van der Waals surface area contributed by atoms with Gasteiger partial charge in [-0.1, -0.05) is 133 Å². The van der Waals surface area contributed by atoms with Gasteiger partial charge in [0.2, 0.25) is 0 Å². The van der Waals surface area contributed by atoms with E-state index in [-0.39, 0.29) is 45.7 Å². The van der Waals surface area contributed by atoms with Crippen molar-refractivity contribution in [2.24, 2.45) is 0 Å². The van der Waals surface area contributed by atoms with Crippen molar-refractivity contribution in [3.63, 3.8) is 0 Å².